The first kappa shape index (κ1) is 21.2. The van der Waals surface area contributed by atoms with Crippen LogP contribution in [-0.4, -0.2) is 40.5 Å². The summed E-state index contributed by atoms with van der Waals surface area (Å²) < 4.78 is 6.32. The normalized spacial score (nSPS) is 23.3. The maximum absolute atomic E-state index is 12.9. The number of aliphatic imine (C=N–C) groups is 1. The molecule has 2 aromatic rings. The number of likely N-dealkylation sites (tertiary alicyclic amines) is 1. The number of fused-ring (bicyclic) bond motifs is 3. The molecule has 6 rings (SSSR count). The second-order valence-electron chi connectivity index (χ2n) is 10.1. The van der Waals surface area contributed by atoms with E-state index in [0.29, 0.717) is 18.9 Å². The van der Waals surface area contributed by atoms with Crippen molar-refractivity contribution in [2.45, 2.75) is 76.2 Å². The Kier molecular flexibility index (Phi) is 4.92. The molecule has 0 atom stereocenters. The minimum atomic E-state index is -0.819. The van der Waals surface area contributed by atoms with Gasteiger partial charge in [-0.2, -0.15) is 4.99 Å². The average molecular weight is 432 g/mol. The lowest BCUT2D eigenvalue weighted by Gasteiger charge is -2.41. The van der Waals surface area contributed by atoms with Crippen molar-refractivity contribution in [2.24, 2.45) is 4.99 Å². The Labute approximate surface area is 190 Å². The van der Waals surface area contributed by atoms with E-state index in [2.05, 4.69) is 48.0 Å². The fourth-order valence-electron chi connectivity index (χ4n) is 6.34. The predicted molar refractivity (Wildman–Crippen MR) is 126 cm³/mol. The van der Waals surface area contributed by atoms with E-state index in [4.69, 9.17) is 9.72 Å². The number of amidine groups is 1. The Morgan fingerprint density at radius 2 is 1.62 bits per heavy atom. The zero-order chi connectivity index (χ0) is 22.6. The zero-order valence-electron chi connectivity index (χ0n) is 19.6. The molecule has 1 amide bonds. The van der Waals surface area contributed by atoms with Crippen LogP contribution in [0.1, 0.15) is 69.3 Å². The third kappa shape index (κ3) is 3.08. The maximum Gasteiger partial charge on any atom is 0.296 e. The van der Waals surface area contributed by atoms with Gasteiger partial charge in [-0.05, 0) is 42.0 Å². The third-order valence-corrected chi connectivity index (χ3v) is 7.74. The number of hydrogen-bond acceptors (Lipinski definition) is 4. The molecule has 0 radical (unpaired) electrons. The monoisotopic (exact) mass is 431 g/mol. The van der Waals surface area contributed by atoms with E-state index >= 15 is 0 Å². The molecule has 1 aromatic carbocycles. The van der Waals surface area contributed by atoms with Crippen molar-refractivity contribution >= 4 is 11.9 Å². The van der Waals surface area contributed by atoms with E-state index in [9.17, 15) is 4.79 Å². The summed E-state index contributed by atoms with van der Waals surface area (Å²) in [7, 11) is 0. The van der Waals surface area contributed by atoms with Crippen LogP contribution in [0.4, 0.5) is 0 Å². The van der Waals surface area contributed by atoms with Crippen LogP contribution in [0, 0.1) is 0 Å². The van der Waals surface area contributed by atoms with Crippen molar-refractivity contribution < 1.29 is 9.53 Å². The lowest BCUT2D eigenvalue weighted by Crippen LogP contribution is -2.47. The molecule has 168 valence electrons. The predicted octanol–water partition coefficient (Wildman–Crippen LogP) is 4.57. The summed E-state index contributed by atoms with van der Waals surface area (Å²) in [6.45, 7) is 10.3. The van der Waals surface area contributed by atoms with E-state index < -0.39 is 5.60 Å². The molecule has 3 heterocycles. The summed E-state index contributed by atoms with van der Waals surface area (Å²) in [5.41, 5.74) is 4.55. The topological polar surface area (TPSA) is 54.8 Å². The molecule has 32 heavy (non-hydrogen) atoms. The fourth-order valence-corrected chi connectivity index (χ4v) is 6.34. The van der Waals surface area contributed by atoms with Gasteiger partial charge in [-0.1, -0.05) is 58.0 Å². The highest BCUT2D eigenvalue weighted by molar-refractivity contribution is 6.02. The summed E-state index contributed by atoms with van der Waals surface area (Å²) in [5, 5.41) is 0. The number of nitrogens with zero attached hydrogens (tertiary/aromatic N) is 3. The van der Waals surface area contributed by atoms with Crippen LogP contribution >= 0.6 is 0 Å². The van der Waals surface area contributed by atoms with Gasteiger partial charge >= 0.3 is 0 Å². The Balaban J connectivity index is 0.00000105. The number of benzene rings is 1. The van der Waals surface area contributed by atoms with Crippen LogP contribution in [0.3, 0.4) is 0 Å². The van der Waals surface area contributed by atoms with Gasteiger partial charge in [0.15, 0.2) is 0 Å². The van der Waals surface area contributed by atoms with E-state index in [1.807, 2.05) is 32.2 Å². The average Bonchev–Trinajstić information content (AvgIpc) is 3.41. The van der Waals surface area contributed by atoms with Gasteiger partial charge in [-0.25, -0.2) is 0 Å². The Bertz CT molecular complexity index is 1050. The number of hydrogen-bond donors (Lipinski definition) is 0. The summed E-state index contributed by atoms with van der Waals surface area (Å²) >= 11 is 0. The number of piperidine rings is 1. The molecule has 1 fully saturated rings. The van der Waals surface area contributed by atoms with Gasteiger partial charge in [0.25, 0.3) is 11.9 Å². The van der Waals surface area contributed by atoms with Crippen molar-refractivity contribution in [3.8, 4) is 0 Å². The van der Waals surface area contributed by atoms with Crippen LogP contribution in [0.2, 0.25) is 0 Å². The summed E-state index contributed by atoms with van der Waals surface area (Å²) in [6.07, 6.45) is 6.38. The van der Waals surface area contributed by atoms with Gasteiger partial charge in [0.1, 0.15) is 0 Å². The molecule has 2 aliphatic heterocycles. The van der Waals surface area contributed by atoms with Crippen LogP contribution in [0.25, 0.3) is 0 Å². The molecule has 5 heteroatoms. The Hall–Kier alpha value is -2.69. The highest BCUT2D eigenvalue weighted by atomic mass is 16.5. The first-order valence-corrected chi connectivity index (χ1v) is 12.0. The van der Waals surface area contributed by atoms with E-state index in [1.165, 1.54) is 22.4 Å². The molecular formula is C27H33N3O2. The van der Waals surface area contributed by atoms with Gasteiger partial charge in [0.05, 0.1) is 0 Å². The number of pyridine rings is 1. The summed E-state index contributed by atoms with van der Waals surface area (Å²) in [5.74, 6) is -0.120. The van der Waals surface area contributed by atoms with E-state index in [-0.39, 0.29) is 16.7 Å². The van der Waals surface area contributed by atoms with Gasteiger partial charge in [0, 0.05) is 48.7 Å². The van der Waals surface area contributed by atoms with Gasteiger partial charge in [0.2, 0.25) is 5.60 Å². The molecule has 2 spiro atoms. The molecule has 0 saturated carbocycles. The molecule has 1 aromatic heterocycles. The van der Waals surface area contributed by atoms with Crippen molar-refractivity contribution in [2.75, 3.05) is 13.1 Å². The lowest BCUT2D eigenvalue weighted by atomic mass is 9.72. The van der Waals surface area contributed by atoms with Crippen molar-refractivity contribution in [3.63, 3.8) is 0 Å². The van der Waals surface area contributed by atoms with Crippen molar-refractivity contribution in [1.29, 1.82) is 0 Å². The SMILES string of the molecule is CC.CC1(C)CC2(CCN(C3=NC(=O)C4(Cc5ccccc5C4)O3)CC2)c2cccnc21. The first-order chi connectivity index (χ1) is 15.4. The number of carbonyl (C=O) groups is 1. The van der Waals surface area contributed by atoms with Gasteiger partial charge in [-0.15, -0.1) is 0 Å². The number of rotatable bonds is 0. The van der Waals surface area contributed by atoms with Crippen LogP contribution in [0.5, 0.6) is 0 Å². The molecule has 2 aliphatic carbocycles. The number of aromatic nitrogens is 1. The minimum absolute atomic E-state index is 0.107. The highest BCUT2D eigenvalue weighted by Gasteiger charge is 2.54. The van der Waals surface area contributed by atoms with Gasteiger partial charge in [-0.3, -0.25) is 9.78 Å². The second kappa shape index (κ2) is 7.43. The Morgan fingerprint density at radius 3 is 2.28 bits per heavy atom. The fraction of sp³-hybridized carbons (Fsp3) is 0.519. The molecule has 0 N–H and O–H groups in total. The standard InChI is InChI=1S/C25H27N3O2.C2H6/c1-23(2)16-24(19-8-5-11-26-20(19)23)9-12-28(13-10-24)22-27-21(29)25(30-22)14-17-6-3-4-7-18(17)15-25;1-2/h3-8,11H,9-10,12-16H2,1-2H3;1-2H3. The molecule has 0 unspecified atom stereocenters. The molecular weight excluding hydrogens is 398 g/mol. The van der Waals surface area contributed by atoms with E-state index in [0.717, 1.165) is 32.4 Å². The zero-order valence-corrected chi connectivity index (χ0v) is 19.6. The molecule has 4 aliphatic rings. The summed E-state index contributed by atoms with van der Waals surface area (Å²) in [4.78, 5) is 24.2. The van der Waals surface area contributed by atoms with Crippen molar-refractivity contribution in [3.05, 3.63) is 65.0 Å². The quantitative estimate of drug-likeness (QED) is 0.613. The molecule has 0 bridgehead atoms. The van der Waals surface area contributed by atoms with Crippen LogP contribution in [-0.2, 0) is 33.2 Å². The Morgan fingerprint density at radius 1 is 0.969 bits per heavy atom. The highest BCUT2D eigenvalue weighted by Crippen LogP contribution is 2.53. The largest absolute Gasteiger partial charge is 0.447 e. The van der Waals surface area contributed by atoms with Gasteiger partial charge < -0.3 is 9.64 Å². The molecule has 5 nitrogen and oxygen atoms in total. The van der Waals surface area contributed by atoms with Crippen molar-refractivity contribution in [1.82, 2.24) is 9.88 Å². The van der Waals surface area contributed by atoms with Crippen LogP contribution in [0.15, 0.2) is 47.6 Å². The second-order valence-corrected chi connectivity index (χ2v) is 10.1. The summed E-state index contributed by atoms with van der Waals surface area (Å²) in [6, 6.07) is 13.1. The number of amides is 1. The maximum atomic E-state index is 12.9. The first-order valence-electron chi connectivity index (χ1n) is 12.0. The minimum Gasteiger partial charge on any atom is -0.447 e. The van der Waals surface area contributed by atoms with Crippen LogP contribution < -0.4 is 0 Å². The third-order valence-electron chi connectivity index (χ3n) is 7.74. The van der Waals surface area contributed by atoms with E-state index in [1.54, 1.807) is 0 Å². The lowest BCUT2D eigenvalue weighted by molar-refractivity contribution is -0.130. The number of carbonyl (C=O) groups excluding carboxylic acids is 1. The number of ether oxygens (including phenoxy) is 1. The smallest absolute Gasteiger partial charge is 0.296 e. The molecule has 1 saturated heterocycles.